The van der Waals surface area contributed by atoms with Crippen LogP contribution in [0.3, 0.4) is 0 Å². The number of halogens is 1. The second kappa shape index (κ2) is 12.0. The second-order valence-electron chi connectivity index (χ2n) is 12.0. The molecule has 2 heterocycles. The predicted octanol–water partition coefficient (Wildman–Crippen LogP) is 3.01. The number of fused-ring (bicyclic) bond motifs is 2. The summed E-state index contributed by atoms with van der Waals surface area (Å²) in [4.78, 5) is 66.5. The van der Waals surface area contributed by atoms with Gasteiger partial charge in [-0.2, -0.15) is 0 Å². The fourth-order valence-electron chi connectivity index (χ4n) is 5.89. The van der Waals surface area contributed by atoms with Gasteiger partial charge in [0, 0.05) is 25.1 Å². The Morgan fingerprint density at radius 2 is 1.95 bits per heavy atom. The molecule has 1 aromatic rings. The first kappa shape index (κ1) is 30.8. The van der Waals surface area contributed by atoms with Gasteiger partial charge in [0.05, 0.1) is 17.1 Å². The van der Waals surface area contributed by atoms with Crippen molar-refractivity contribution in [2.24, 2.45) is 11.3 Å². The van der Waals surface area contributed by atoms with Crippen molar-refractivity contribution in [2.75, 3.05) is 18.5 Å². The molecule has 0 aromatic heterocycles. The highest BCUT2D eigenvalue weighted by Crippen LogP contribution is 2.47. The van der Waals surface area contributed by atoms with E-state index >= 15 is 0 Å². The normalized spacial score (nSPS) is 26.0. The third kappa shape index (κ3) is 6.35. The van der Waals surface area contributed by atoms with Gasteiger partial charge in [-0.05, 0) is 55.7 Å². The van der Waals surface area contributed by atoms with E-state index in [1.165, 1.54) is 12.1 Å². The molecule has 3 N–H and O–H groups in total. The first-order valence-electron chi connectivity index (χ1n) is 14.1. The summed E-state index contributed by atoms with van der Waals surface area (Å²) in [6, 6.07) is 3.57. The molecule has 3 fully saturated rings. The lowest BCUT2D eigenvalue weighted by atomic mass is 9.84. The van der Waals surface area contributed by atoms with Crippen LogP contribution in [0, 0.1) is 11.3 Å². The molecule has 1 aromatic carbocycles. The smallest absolute Gasteiger partial charge is 0.310 e. The van der Waals surface area contributed by atoms with Gasteiger partial charge < -0.3 is 30.3 Å². The Morgan fingerprint density at radius 3 is 2.56 bits per heavy atom. The maximum atomic E-state index is 14.1. The monoisotopic (exact) mass is 590 g/mol. The zero-order valence-electron chi connectivity index (χ0n) is 24.2. The Hall–Kier alpha value is -3.18. The molecule has 11 nitrogen and oxygen atoms in total. The fourth-order valence-corrected chi connectivity index (χ4v) is 6.11. The van der Waals surface area contributed by atoms with E-state index in [-0.39, 0.29) is 47.1 Å². The number of carbonyl (C=O) groups excluding carboxylic acids is 5. The Morgan fingerprint density at radius 1 is 1.22 bits per heavy atom. The number of ether oxygens (including phenoxy) is 2. The molecular formula is C29H39ClN4O7. The highest BCUT2D eigenvalue weighted by molar-refractivity contribution is 6.34. The number of carbonyl (C=O) groups is 5. The molecule has 12 heteroatoms. The molecule has 0 unspecified atom stereocenters. The molecule has 1 aliphatic carbocycles. The van der Waals surface area contributed by atoms with E-state index in [0.717, 1.165) is 6.42 Å². The molecular weight excluding hydrogens is 552 g/mol. The van der Waals surface area contributed by atoms with Crippen LogP contribution < -0.4 is 16.0 Å². The average Bonchev–Trinajstić information content (AvgIpc) is 3.61. The highest BCUT2D eigenvalue weighted by atomic mass is 35.5. The lowest BCUT2D eigenvalue weighted by Gasteiger charge is -2.42. The number of anilines is 1. The van der Waals surface area contributed by atoms with Crippen molar-refractivity contribution in [3.63, 3.8) is 0 Å². The van der Waals surface area contributed by atoms with E-state index in [2.05, 4.69) is 16.0 Å². The summed E-state index contributed by atoms with van der Waals surface area (Å²) in [6.07, 6.45) is 0.577. The number of rotatable bonds is 9. The number of hydrogen-bond acceptors (Lipinski definition) is 7. The molecule has 4 rings (SSSR count). The fraction of sp³-hybridized carbons (Fsp3) is 0.621. The van der Waals surface area contributed by atoms with Crippen LogP contribution in [0.5, 0.6) is 0 Å². The molecule has 2 bridgehead atoms. The summed E-state index contributed by atoms with van der Waals surface area (Å²) in [5.41, 5.74) is -1.18. The number of esters is 1. The average molecular weight is 591 g/mol. The molecule has 0 radical (unpaired) electrons. The lowest BCUT2D eigenvalue weighted by molar-refractivity contribution is -0.154. The van der Waals surface area contributed by atoms with Gasteiger partial charge in [0.1, 0.15) is 17.7 Å². The third-order valence-corrected chi connectivity index (χ3v) is 8.38. The van der Waals surface area contributed by atoms with Crippen LogP contribution in [-0.4, -0.2) is 71.6 Å². The van der Waals surface area contributed by atoms with Gasteiger partial charge in [-0.25, -0.2) is 0 Å². The minimum Gasteiger partial charge on any atom is -0.439 e. The maximum Gasteiger partial charge on any atom is 0.310 e. The van der Waals surface area contributed by atoms with Crippen LogP contribution in [0.25, 0.3) is 0 Å². The Balaban J connectivity index is 1.53. The first-order chi connectivity index (χ1) is 19.3. The van der Waals surface area contributed by atoms with E-state index < -0.39 is 41.2 Å². The number of piperidine rings is 1. The zero-order chi connectivity index (χ0) is 30.1. The number of likely N-dealkylation sites (tertiary alicyclic amines) is 1. The summed E-state index contributed by atoms with van der Waals surface area (Å²) in [6.45, 7) is 9.81. The van der Waals surface area contributed by atoms with Crippen LogP contribution in [0.4, 0.5) is 5.69 Å². The van der Waals surface area contributed by atoms with Crippen LogP contribution in [0.15, 0.2) is 18.2 Å². The summed E-state index contributed by atoms with van der Waals surface area (Å²) >= 11 is 6.32. The molecule has 5 atom stereocenters. The number of nitrogens with zero attached hydrogens (tertiary/aromatic N) is 1. The van der Waals surface area contributed by atoms with E-state index in [1.807, 2.05) is 20.8 Å². The quantitative estimate of drug-likeness (QED) is 0.375. The van der Waals surface area contributed by atoms with Crippen molar-refractivity contribution in [3.8, 4) is 0 Å². The zero-order valence-corrected chi connectivity index (χ0v) is 24.9. The molecule has 3 aliphatic rings. The molecule has 1 saturated carbocycles. The molecule has 224 valence electrons. The van der Waals surface area contributed by atoms with Gasteiger partial charge in [-0.15, -0.1) is 0 Å². The molecule has 0 spiro atoms. The van der Waals surface area contributed by atoms with Crippen LogP contribution in [0.2, 0.25) is 5.02 Å². The minimum absolute atomic E-state index is 0.0468. The summed E-state index contributed by atoms with van der Waals surface area (Å²) < 4.78 is 10.9. The van der Waals surface area contributed by atoms with Crippen molar-refractivity contribution in [1.82, 2.24) is 15.5 Å². The minimum atomic E-state index is -1.11. The van der Waals surface area contributed by atoms with Crippen LogP contribution >= 0.6 is 11.6 Å². The van der Waals surface area contributed by atoms with Gasteiger partial charge in [-0.1, -0.05) is 39.3 Å². The summed E-state index contributed by atoms with van der Waals surface area (Å²) in [7, 11) is 0. The number of nitrogens with one attached hydrogen (secondary N) is 3. The van der Waals surface area contributed by atoms with Gasteiger partial charge >= 0.3 is 5.97 Å². The van der Waals surface area contributed by atoms with Gasteiger partial charge in [-0.3, -0.25) is 24.0 Å². The van der Waals surface area contributed by atoms with E-state index in [1.54, 1.807) is 24.8 Å². The topological polar surface area (TPSA) is 143 Å². The second-order valence-corrected chi connectivity index (χ2v) is 12.4. The van der Waals surface area contributed by atoms with Gasteiger partial charge in [0.25, 0.3) is 5.91 Å². The lowest BCUT2D eigenvalue weighted by Crippen LogP contribution is -2.64. The van der Waals surface area contributed by atoms with Crippen molar-refractivity contribution in [3.05, 3.63) is 28.8 Å². The van der Waals surface area contributed by atoms with Gasteiger partial charge in [0.15, 0.2) is 0 Å². The van der Waals surface area contributed by atoms with Crippen LogP contribution in [-0.2, 0) is 28.7 Å². The summed E-state index contributed by atoms with van der Waals surface area (Å²) in [5.74, 6) is -1.75. The van der Waals surface area contributed by atoms with Crippen molar-refractivity contribution >= 4 is 46.9 Å². The largest absolute Gasteiger partial charge is 0.439 e. The Labute approximate surface area is 245 Å². The van der Waals surface area contributed by atoms with E-state index in [9.17, 15) is 24.0 Å². The number of cyclic esters (lactones) is 1. The number of hydrogen-bond donors (Lipinski definition) is 3. The first-order valence-corrected chi connectivity index (χ1v) is 14.5. The Bertz CT molecular complexity index is 1230. The van der Waals surface area contributed by atoms with Crippen molar-refractivity contribution < 1.29 is 33.4 Å². The van der Waals surface area contributed by atoms with Crippen molar-refractivity contribution in [1.29, 1.82) is 0 Å². The van der Waals surface area contributed by atoms with Gasteiger partial charge in [0.2, 0.25) is 23.9 Å². The molecule has 2 saturated heterocycles. The maximum absolute atomic E-state index is 14.1. The number of amides is 4. The predicted molar refractivity (Wildman–Crippen MR) is 151 cm³/mol. The highest BCUT2D eigenvalue weighted by Gasteiger charge is 2.59. The van der Waals surface area contributed by atoms with Crippen molar-refractivity contribution in [2.45, 2.75) is 90.6 Å². The van der Waals surface area contributed by atoms with E-state index in [4.69, 9.17) is 21.1 Å². The number of benzene rings is 1. The van der Waals surface area contributed by atoms with E-state index in [0.29, 0.717) is 31.7 Å². The summed E-state index contributed by atoms with van der Waals surface area (Å²) in [5, 5.41) is 8.58. The SMILES string of the molecule is CCO[C@H]1CC(=O)O[C@H]1NC(=O)[C@@]12CC[C@@H](CN1C(=O)[C@@H](NC(=O)c1ccc(NC(=O)CC)c(Cl)c1)C(C)(C)C)C2. The Kier molecular flexibility index (Phi) is 8.98. The van der Waals surface area contributed by atoms with Crippen LogP contribution in [0.1, 0.15) is 77.1 Å². The molecule has 2 aliphatic heterocycles. The third-order valence-electron chi connectivity index (χ3n) is 8.07. The molecule has 4 amide bonds. The molecule has 41 heavy (non-hydrogen) atoms. The standard InChI is InChI=1S/C29H39ClN4O7/c1-6-21(35)31-19-9-8-17(12-18(19)30)24(37)32-23(28(3,4)5)26(38)34-15-16-10-11-29(34,14-16)27(39)33-25-20(40-7-2)13-22(36)41-25/h8-9,12,16,20,23,25H,6-7,10-11,13-15H2,1-5H3,(H,31,35)(H,32,37)(H,33,39)/t16-,20+,23-,25-,29+/m1/s1.